The van der Waals surface area contributed by atoms with Crippen molar-refractivity contribution in [3.63, 3.8) is 0 Å². The molecule has 2 heterocycles. The number of ketones is 1. The van der Waals surface area contributed by atoms with Crippen molar-refractivity contribution in [3.05, 3.63) is 98.9 Å². The lowest BCUT2D eigenvalue weighted by atomic mass is 10.0. The molecule has 33 heavy (non-hydrogen) atoms. The number of aromatic amines is 1. The van der Waals surface area contributed by atoms with Crippen molar-refractivity contribution in [2.24, 2.45) is 5.10 Å². The first-order valence-corrected chi connectivity index (χ1v) is 9.67. The number of hydrazone groups is 1. The molecular weight excluding hydrogens is 428 g/mol. The Hall–Kier alpha value is -4.86. The minimum atomic E-state index is -1.07. The molecule has 2 N–H and O–H groups in total. The molecule has 0 spiro atoms. The van der Waals surface area contributed by atoms with E-state index in [1.54, 1.807) is 19.1 Å². The number of carboxylic acids is 1. The summed E-state index contributed by atoms with van der Waals surface area (Å²) in [5.41, 5.74) is 2.01. The van der Waals surface area contributed by atoms with Crippen LogP contribution in [-0.2, 0) is 4.79 Å². The van der Waals surface area contributed by atoms with E-state index in [4.69, 9.17) is 5.11 Å². The number of hydrogen-bond acceptors (Lipinski definition) is 6. The van der Waals surface area contributed by atoms with Gasteiger partial charge in [0.15, 0.2) is 5.78 Å². The van der Waals surface area contributed by atoms with Crippen LogP contribution in [0.3, 0.4) is 0 Å². The number of carboxylic acid groups (broad SMARTS) is 1. The van der Waals surface area contributed by atoms with E-state index in [0.29, 0.717) is 22.7 Å². The second-order valence-corrected chi connectivity index (χ2v) is 7.19. The van der Waals surface area contributed by atoms with Crippen molar-refractivity contribution in [1.29, 1.82) is 0 Å². The number of nitro benzene ring substituents is 1. The third-order valence-electron chi connectivity index (χ3n) is 5.01. The number of nitrogens with one attached hydrogen (secondary N) is 1. The van der Waals surface area contributed by atoms with Gasteiger partial charge in [-0.15, -0.1) is 0 Å². The molecule has 3 aromatic rings. The van der Waals surface area contributed by atoms with Gasteiger partial charge in [-0.05, 0) is 43.3 Å². The highest BCUT2D eigenvalue weighted by Gasteiger charge is 2.29. The van der Waals surface area contributed by atoms with Gasteiger partial charge in [0.25, 0.3) is 11.6 Å². The quantitative estimate of drug-likeness (QED) is 0.257. The molecule has 10 heteroatoms. The average molecular weight is 444 g/mol. The van der Waals surface area contributed by atoms with Crippen LogP contribution in [0.2, 0.25) is 0 Å². The predicted molar refractivity (Wildman–Crippen MR) is 119 cm³/mol. The Bertz CT molecular complexity index is 1370. The molecule has 0 saturated carbocycles. The maximum absolute atomic E-state index is 12.9. The van der Waals surface area contributed by atoms with Crippen LogP contribution in [0.15, 0.2) is 71.5 Å². The summed E-state index contributed by atoms with van der Waals surface area (Å²) in [6.07, 6.45) is 3.01. The van der Waals surface area contributed by atoms with Crippen molar-refractivity contribution in [2.75, 3.05) is 5.01 Å². The molecule has 10 nitrogen and oxygen atoms in total. The zero-order valence-corrected chi connectivity index (χ0v) is 17.2. The van der Waals surface area contributed by atoms with E-state index < -0.39 is 22.6 Å². The molecule has 4 rings (SSSR count). The monoisotopic (exact) mass is 444 g/mol. The molecule has 0 fully saturated rings. The van der Waals surface area contributed by atoms with Gasteiger partial charge in [-0.25, -0.2) is 4.79 Å². The molecular formula is C23H16N4O6. The summed E-state index contributed by atoms with van der Waals surface area (Å²) in [5, 5.41) is 25.4. The summed E-state index contributed by atoms with van der Waals surface area (Å²) < 4.78 is 0. The Morgan fingerprint density at radius 1 is 1.09 bits per heavy atom. The second kappa shape index (κ2) is 8.35. The number of non-ortho nitro benzene ring substituents is 1. The normalized spacial score (nSPS) is 14.5. The predicted octanol–water partition coefficient (Wildman–Crippen LogP) is 3.66. The van der Waals surface area contributed by atoms with Gasteiger partial charge < -0.3 is 10.1 Å². The lowest BCUT2D eigenvalue weighted by Crippen LogP contribution is -2.21. The highest BCUT2D eigenvalue weighted by Crippen LogP contribution is 2.26. The number of H-pyrrole nitrogens is 1. The minimum Gasteiger partial charge on any atom is -0.478 e. The molecule has 0 atom stereocenters. The van der Waals surface area contributed by atoms with E-state index in [-0.39, 0.29) is 22.4 Å². The van der Waals surface area contributed by atoms with Gasteiger partial charge in [0.1, 0.15) is 0 Å². The van der Waals surface area contributed by atoms with Crippen LogP contribution in [0, 0.1) is 10.1 Å². The van der Waals surface area contributed by atoms with Crippen molar-refractivity contribution < 1.29 is 24.4 Å². The molecule has 0 radical (unpaired) electrons. The number of carbonyl (C=O) groups is 3. The topological polar surface area (TPSA) is 146 Å². The van der Waals surface area contributed by atoms with Crippen LogP contribution in [-0.4, -0.2) is 38.4 Å². The summed E-state index contributed by atoms with van der Waals surface area (Å²) in [6, 6.07) is 12.7. The Balaban J connectivity index is 1.56. The summed E-state index contributed by atoms with van der Waals surface area (Å²) in [5.74, 6) is -1.88. The number of nitrogens with zero attached hydrogens (tertiary/aromatic N) is 3. The number of carbonyl (C=O) groups excluding carboxylic acids is 2. The number of rotatable bonds is 6. The van der Waals surface area contributed by atoms with E-state index in [2.05, 4.69) is 10.1 Å². The number of nitro groups is 1. The van der Waals surface area contributed by atoms with Crippen LogP contribution < -0.4 is 5.01 Å². The lowest BCUT2D eigenvalue weighted by Gasteiger charge is -2.11. The van der Waals surface area contributed by atoms with Gasteiger partial charge in [-0.1, -0.05) is 12.1 Å². The molecule has 1 aromatic heterocycles. The fourth-order valence-electron chi connectivity index (χ4n) is 3.31. The van der Waals surface area contributed by atoms with E-state index in [9.17, 15) is 24.5 Å². The molecule has 0 bridgehead atoms. The molecule has 1 aliphatic heterocycles. The zero-order valence-electron chi connectivity index (χ0n) is 17.2. The maximum Gasteiger partial charge on any atom is 0.335 e. The first kappa shape index (κ1) is 21.4. The highest BCUT2D eigenvalue weighted by atomic mass is 16.6. The Morgan fingerprint density at radius 3 is 2.48 bits per heavy atom. The number of amides is 1. The molecule has 0 aliphatic carbocycles. The third kappa shape index (κ3) is 4.17. The van der Waals surface area contributed by atoms with Crippen molar-refractivity contribution in [3.8, 4) is 0 Å². The van der Waals surface area contributed by atoms with Crippen molar-refractivity contribution in [1.82, 2.24) is 4.98 Å². The smallest absolute Gasteiger partial charge is 0.335 e. The number of aromatic nitrogens is 1. The number of hydrogen-bond donors (Lipinski definition) is 2. The van der Waals surface area contributed by atoms with Crippen molar-refractivity contribution >= 4 is 40.8 Å². The second-order valence-electron chi connectivity index (χ2n) is 7.19. The zero-order chi connectivity index (χ0) is 23.7. The fraction of sp³-hybridized carbons (Fsp3) is 0.0435. The standard InChI is InChI=1S/C23H16N4O6/c1-13-20(22(29)26(25-13)18-7-5-14(6-8-18)23(30)31)11-17-9-16(12-24-17)21(28)15-3-2-4-19(10-15)27(32)33/h2-12,24H,1H3,(H,30,31)/b20-11-. The molecule has 2 aromatic carbocycles. The van der Waals surface area contributed by atoms with Gasteiger partial charge in [0, 0.05) is 35.2 Å². The van der Waals surface area contributed by atoms with Gasteiger partial charge in [0.2, 0.25) is 0 Å². The summed E-state index contributed by atoms with van der Waals surface area (Å²) >= 11 is 0. The largest absolute Gasteiger partial charge is 0.478 e. The minimum absolute atomic E-state index is 0.0918. The average Bonchev–Trinajstić information content (AvgIpc) is 3.39. The summed E-state index contributed by atoms with van der Waals surface area (Å²) in [7, 11) is 0. The Kier molecular flexibility index (Phi) is 5.41. The Morgan fingerprint density at radius 2 is 1.82 bits per heavy atom. The number of benzene rings is 2. The molecule has 1 aliphatic rings. The SMILES string of the molecule is CC1=NN(c2ccc(C(=O)O)cc2)C(=O)/C1=C\c1cc(C(=O)c2cccc([N+](=O)[O-])c2)c[nH]1. The van der Waals surface area contributed by atoms with Crippen LogP contribution in [0.1, 0.15) is 38.9 Å². The van der Waals surface area contributed by atoms with Crippen LogP contribution in [0.5, 0.6) is 0 Å². The first-order valence-electron chi connectivity index (χ1n) is 9.67. The van der Waals surface area contributed by atoms with E-state index in [0.717, 1.165) is 0 Å². The summed E-state index contributed by atoms with van der Waals surface area (Å²) in [4.78, 5) is 49.9. The van der Waals surface area contributed by atoms with Gasteiger partial charge in [0.05, 0.1) is 27.5 Å². The first-order chi connectivity index (χ1) is 15.7. The van der Waals surface area contributed by atoms with Crippen LogP contribution in [0.4, 0.5) is 11.4 Å². The van der Waals surface area contributed by atoms with Gasteiger partial charge in [-0.3, -0.25) is 19.7 Å². The van der Waals surface area contributed by atoms with Gasteiger partial charge >= 0.3 is 5.97 Å². The van der Waals surface area contributed by atoms with E-state index >= 15 is 0 Å². The van der Waals surface area contributed by atoms with Crippen LogP contribution in [0.25, 0.3) is 6.08 Å². The molecule has 0 saturated heterocycles. The lowest BCUT2D eigenvalue weighted by molar-refractivity contribution is -0.384. The molecule has 164 valence electrons. The maximum atomic E-state index is 12.9. The van der Waals surface area contributed by atoms with E-state index in [1.165, 1.54) is 59.7 Å². The van der Waals surface area contributed by atoms with Gasteiger partial charge in [-0.2, -0.15) is 10.1 Å². The molecule has 1 amide bonds. The number of aromatic carboxylic acids is 1. The molecule has 0 unspecified atom stereocenters. The highest BCUT2D eigenvalue weighted by molar-refractivity contribution is 6.32. The fourth-order valence-corrected chi connectivity index (χ4v) is 3.31. The Labute approximate surface area is 186 Å². The van der Waals surface area contributed by atoms with Crippen LogP contribution >= 0.6 is 0 Å². The third-order valence-corrected chi connectivity index (χ3v) is 5.01. The van der Waals surface area contributed by atoms with Crippen molar-refractivity contribution in [2.45, 2.75) is 6.92 Å². The number of anilines is 1. The summed E-state index contributed by atoms with van der Waals surface area (Å²) in [6.45, 7) is 1.66. The van der Waals surface area contributed by atoms with E-state index in [1.807, 2.05) is 0 Å².